The topological polar surface area (TPSA) is 59.6 Å². The van der Waals surface area contributed by atoms with Crippen LogP contribution in [0, 0.1) is 0 Å². The Kier molecular flexibility index (Phi) is 5.82. The Morgan fingerprint density at radius 1 is 1.53 bits per heavy atom. The van der Waals surface area contributed by atoms with E-state index in [2.05, 4.69) is 10.6 Å². The molecule has 0 aromatic rings. The largest absolute Gasteiger partial charge is 0.379 e. The van der Waals surface area contributed by atoms with Crippen LogP contribution >= 0.6 is 0 Å². The van der Waals surface area contributed by atoms with Crippen LogP contribution in [0.1, 0.15) is 26.2 Å². The van der Waals surface area contributed by atoms with Gasteiger partial charge in [0, 0.05) is 38.4 Å². The second-order valence-corrected chi connectivity index (χ2v) is 5.15. The lowest BCUT2D eigenvalue weighted by Crippen LogP contribution is -2.37. The number of amides is 1. The standard InChI is InChI=1S/C14H24N2O3/c1-11(12-8-15-9-12)14(17)16-5-3-6-18-10-13-4-2-7-19-13/h13,15H,2-10H2,1H3,(H,16,17). The summed E-state index contributed by atoms with van der Waals surface area (Å²) in [4.78, 5) is 11.8. The van der Waals surface area contributed by atoms with Crippen molar-refractivity contribution in [2.24, 2.45) is 0 Å². The molecule has 19 heavy (non-hydrogen) atoms. The fourth-order valence-corrected chi connectivity index (χ4v) is 2.18. The third-order valence-electron chi connectivity index (χ3n) is 3.63. The fourth-order valence-electron chi connectivity index (χ4n) is 2.18. The van der Waals surface area contributed by atoms with E-state index < -0.39 is 0 Å². The van der Waals surface area contributed by atoms with Crippen molar-refractivity contribution in [1.82, 2.24) is 10.6 Å². The minimum Gasteiger partial charge on any atom is -0.379 e. The Morgan fingerprint density at radius 2 is 2.37 bits per heavy atom. The molecule has 2 fully saturated rings. The van der Waals surface area contributed by atoms with Gasteiger partial charge < -0.3 is 20.1 Å². The zero-order valence-electron chi connectivity index (χ0n) is 11.7. The quantitative estimate of drug-likeness (QED) is 0.524. The molecule has 0 aliphatic carbocycles. The van der Waals surface area contributed by atoms with Crippen molar-refractivity contribution < 1.29 is 14.3 Å². The number of hydrogen-bond donors (Lipinski definition) is 2. The first-order valence-electron chi connectivity index (χ1n) is 7.14. The number of carbonyl (C=O) groups excluding carboxylic acids is 1. The van der Waals surface area contributed by atoms with Crippen LogP contribution in [0.5, 0.6) is 0 Å². The Hall–Kier alpha value is -0.910. The molecular formula is C14H24N2O3. The average Bonchev–Trinajstić information content (AvgIpc) is 2.84. The maximum atomic E-state index is 11.8. The monoisotopic (exact) mass is 268 g/mol. The summed E-state index contributed by atoms with van der Waals surface area (Å²) in [5, 5.41) is 6.06. The van der Waals surface area contributed by atoms with Gasteiger partial charge in [0.05, 0.1) is 12.7 Å². The van der Waals surface area contributed by atoms with Crippen LogP contribution in [-0.4, -0.2) is 51.5 Å². The molecular weight excluding hydrogens is 244 g/mol. The van der Waals surface area contributed by atoms with E-state index in [1.165, 1.54) is 5.57 Å². The van der Waals surface area contributed by atoms with E-state index in [1.807, 2.05) is 6.92 Å². The van der Waals surface area contributed by atoms with Gasteiger partial charge in [-0.15, -0.1) is 0 Å². The average molecular weight is 268 g/mol. The molecule has 2 aliphatic heterocycles. The Labute approximate surface area is 114 Å². The highest BCUT2D eigenvalue weighted by Crippen LogP contribution is 2.12. The summed E-state index contributed by atoms with van der Waals surface area (Å²) in [7, 11) is 0. The summed E-state index contributed by atoms with van der Waals surface area (Å²) in [6, 6.07) is 0. The molecule has 0 spiro atoms. The molecule has 0 bridgehead atoms. The molecule has 1 amide bonds. The summed E-state index contributed by atoms with van der Waals surface area (Å²) in [6.07, 6.45) is 3.39. The zero-order valence-corrected chi connectivity index (χ0v) is 11.7. The molecule has 5 heteroatoms. The van der Waals surface area contributed by atoms with Gasteiger partial charge in [-0.3, -0.25) is 4.79 Å². The van der Waals surface area contributed by atoms with Crippen molar-refractivity contribution in [3.63, 3.8) is 0 Å². The van der Waals surface area contributed by atoms with E-state index in [-0.39, 0.29) is 12.0 Å². The van der Waals surface area contributed by atoms with Crippen LogP contribution in [0.25, 0.3) is 0 Å². The lowest BCUT2D eigenvalue weighted by molar-refractivity contribution is -0.117. The minimum atomic E-state index is 0.0515. The van der Waals surface area contributed by atoms with Crippen LogP contribution in [0.15, 0.2) is 11.1 Å². The number of carbonyl (C=O) groups is 1. The Bertz CT molecular complexity index is 330. The number of hydrogen-bond acceptors (Lipinski definition) is 4. The van der Waals surface area contributed by atoms with Crippen LogP contribution in [0.4, 0.5) is 0 Å². The summed E-state index contributed by atoms with van der Waals surface area (Å²) in [6.45, 7) is 6.49. The van der Waals surface area contributed by atoms with Gasteiger partial charge in [-0.2, -0.15) is 0 Å². The lowest BCUT2D eigenvalue weighted by atomic mass is 10.0. The first-order chi connectivity index (χ1) is 9.27. The molecule has 0 aromatic heterocycles. The van der Waals surface area contributed by atoms with Crippen molar-refractivity contribution in [3.05, 3.63) is 11.1 Å². The zero-order chi connectivity index (χ0) is 13.5. The van der Waals surface area contributed by atoms with Gasteiger partial charge in [-0.05, 0) is 31.8 Å². The molecule has 2 N–H and O–H groups in total. The van der Waals surface area contributed by atoms with E-state index in [1.54, 1.807) is 0 Å². The van der Waals surface area contributed by atoms with Gasteiger partial charge in [0.15, 0.2) is 0 Å². The molecule has 0 radical (unpaired) electrons. The molecule has 0 aromatic carbocycles. The van der Waals surface area contributed by atoms with E-state index in [9.17, 15) is 4.79 Å². The van der Waals surface area contributed by atoms with E-state index in [0.717, 1.165) is 44.5 Å². The maximum Gasteiger partial charge on any atom is 0.246 e. The van der Waals surface area contributed by atoms with Gasteiger partial charge >= 0.3 is 0 Å². The van der Waals surface area contributed by atoms with Crippen LogP contribution in [0.3, 0.4) is 0 Å². The van der Waals surface area contributed by atoms with Crippen molar-refractivity contribution >= 4 is 5.91 Å². The second-order valence-electron chi connectivity index (χ2n) is 5.15. The van der Waals surface area contributed by atoms with Crippen molar-refractivity contribution in [3.8, 4) is 0 Å². The predicted molar refractivity (Wildman–Crippen MR) is 73.0 cm³/mol. The highest BCUT2D eigenvalue weighted by molar-refractivity contribution is 5.93. The number of rotatable bonds is 7. The predicted octanol–water partition coefficient (Wildman–Crippen LogP) is 0.608. The first-order valence-corrected chi connectivity index (χ1v) is 7.14. The van der Waals surface area contributed by atoms with E-state index in [4.69, 9.17) is 9.47 Å². The summed E-state index contributed by atoms with van der Waals surface area (Å²) < 4.78 is 11.0. The molecule has 1 atom stereocenters. The summed E-state index contributed by atoms with van der Waals surface area (Å²) in [5.74, 6) is 0.0515. The number of ether oxygens (including phenoxy) is 2. The normalized spacial score (nSPS) is 22.2. The minimum absolute atomic E-state index is 0.0515. The van der Waals surface area contributed by atoms with Crippen LogP contribution < -0.4 is 10.6 Å². The van der Waals surface area contributed by atoms with Gasteiger partial charge in [0.1, 0.15) is 0 Å². The Morgan fingerprint density at radius 3 is 3.00 bits per heavy atom. The van der Waals surface area contributed by atoms with E-state index >= 15 is 0 Å². The van der Waals surface area contributed by atoms with Gasteiger partial charge in [0.2, 0.25) is 5.91 Å². The van der Waals surface area contributed by atoms with Crippen molar-refractivity contribution in [1.29, 1.82) is 0 Å². The number of nitrogens with one attached hydrogen (secondary N) is 2. The SMILES string of the molecule is CC(C(=O)NCCCOCC1CCCO1)=C1CNC1. The van der Waals surface area contributed by atoms with Gasteiger partial charge in [-0.25, -0.2) is 0 Å². The highest BCUT2D eigenvalue weighted by Gasteiger charge is 2.16. The van der Waals surface area contributed by atoms with Gasteiger partial charge in [-0.1, -0.05) is 0 Å². The Balaban J connectivity index is 1.48. The van der Waals surface area contributed by atoms with E-state index in [0.29, 0.717) is 19.8 Å². The molecule has 2 rings (SSSR count). The lowest BCUT2D eigenvalue weighted by Gasteiger charge is -2.21. The second kappa shape index (κ2) is 7.62. The smallest absolute Gasteiger partial charge is 0.246 e. The molecule has 2 aliphatic rings. The summed E-state index contributed by atoms with van der Waals surface area (Å²) in [5.41, 5.74) is 2.08. The van der Waals surface area contributed by atoms with Gasteiger partial charge in [0.25, 0.3) is 0 Å². The molecule has 0 saturated carbocycles. The first kappa shape index (κ1) is 14.5. The maximum absolute atomic E-state index is 11.8. The third kappa shape index (κ3) is 4.60. The van der Waals surface area contributed by atoms with Crippen LogP contribution in [-0.2, 0) is 14.3 Å². The van der Waals surface area contributed by atoms with Crippen molar-refractivity contribution in [2.45, 2.75) is 32.3 Å². The molecule has 108 valence electrons. The summed E-state index contributed by atoms with van der Waals surface area (Å²) >= 11 is 0. The fraction of sp³-hybridized carbons (Fsp3) is 0.786. The molecule has 2 heterocycles. The van der Waals surface area contributed by atoms with Crippen LogP contribution in [0.2, 0.25) is 0 Å². The molecule has 5 nitrogen and oxygen atoms in total. The molecule has 2 saturated heterocycles. The highest BCUT2D eigenvalue weighted by atomic mass is 16.5. The van der Waals surface area contributed by atoms with Crippen molar-refractivity contribution in [2.75, 3.05) is 39.5 Å². The molecule has 1 unspecified atom stereocenters. The third-order valence-corrected chi connectivity index (χ3v) is 3.63.